The van der Waals surface area contributed by atoms with Gasteiger partial charge < -0.3 is 9.84 Å². The van der Waals surface area contributed by atoms with E-state index >= 15 is 0 Å². The fraction of sp³-hybridized carbons (Fsp3) is 0.778. The fourth-order valence-corrected chi connectivity index (χ4v) is 1.74. The molecule has 1 aromatic rings. The van der Waals surface area contributed by atoms with Gasteiger partial charge in [0.05, 0.1) is 6.54 Å². The van der Waals surface area contributed by atoms with Gasteiger partial charge in [-0.25, -0.2) is 0 Å². The lowest BCUT2D eigenvalue weighted by Crippen LogP contribution is -2.57. The summed E-state index contributed by atoms with van der Waals surface area (Å²) < 4.78 is 5.01. The van der Waals surface area contributed by atoms with Crippen LogP contribution in [0.4, 0.5) is 0 Å². The fourth-order valence-electron chi connectivity index (χ4n) is 1.74. The van der Waals surface area contributed by atoms with Crippen molar-refractivity contribution in [1.29, 1.82) is 0 Å². The van der Waals surface area contributed by atoms with E-state index in [1.54, 1.807) is 0 Å². The third kappa shape index (κ3) is 1.93. The van der Waals surface area contributed by atoms with Gasteiger partial charge in [0, 0.05) is 25.2 Å². The van der Waals surface area contributed by atoms with E-state index < -0.39 is 0 Å². The first kappa shape index (κ1) is 9.61. The molecule has 78 valence electrons. The Hall–Kier alpha value is -0.940. The number of aromatic nitrogens is 2. The molecule has 1 fully saturated rings. The molecular weight excluding hydrogens is 180 g/mol. The highest BCUT2D eigenvalue weighted by Crippen LogP contribution is 2.18. The van der Waals surface area contributed by atoms with Crippen molar-refractivity contribution in [2.75, 3.05) is 19.6 Å². The van der Waals surface area contributed by atoms with E-state index in [0.717, 1.165) is 26.2 Å². The van der Waals surface area contributed by atoms with Crippen LogP contribution in [0.25, 0.3) is 0 Å². The Kier molecular flexibility index (Phi) is 2.52. The SMILES string of the molecule is CC1(C)CNCCN1Cc1ncno1. The van der Waals surface area contributed by atoms with E-state index in [9.17, 15) is 0 Å². The normalized spacial score (nSPS) is 22.4. The molecule has 0 aliphatic carbocycles. The molecule has 0 unspecified atom stereocenters. The van der Waals surface area contributed by atoms with Crippen LogP contribution < -0.4 is 5.32 Å². The Morgan fingerprint density at radius 1 is 1.64 bits per heavy atom. The molecule has 1 aromatic heterocycles. The van der Waals surface area contributed by atoms with Crippen LogP contribution in [0.3, 0.4) is 0 Å². The zero-order valence-electron chi connectivity index (χ0n) is 8.66. The molecule has 2 rings (SSSR count). The highest BCUT2D eigenvalue weighted by molar-refractivity contribution is 4.90. The van der Waals surface area contributed by atoms with Crippen molar-refractivity contribution in [3.8, 4) is 0 Å². The van der Waals surface area contributed by atoms with Crippen LogP contribution in [0, 0.1) is 0 Å². The van der Waals surface area contributed by atoms with Crippen molar-refractivity contribution in [3.05, 3.63) is 12.2 Å². The standard InChI is InChI=1S/C9H16N4O/c1-9(2)6-10-3-4-13(9)5-8-11-7-12-14-8/h7,10H,3-6H2,1-2H3. The monoisotopic (exact) mass is 196 g/mol. The number of hydrogen-bond donors (Lipinski definition) is 1. The summed E-state index contributed by atoms with van der Waals surface area (Å²) in [4.78, 5) is 6.39. The molecule has 0 atom stereocenters. The van der Waals surface area contributed by atoms with Gasteiger partial charge in [0.1, 0.15) is 0 Å². The van der Waals surface area contributed by atoms with Gasteiger partial charge in [-0.3, -0.25) is 4.90 Å². The van der Waals surface area contributed by atoms with Crippen molar-refractivity contribution in [1.82, 2.24) is 20.4 Å². The number of piperazine rings is 1. The second kappa shape index (κ2) is 3.67. The van der Waals surface area contributed by atoms with Crippen molar-refractivity contribution >= 4 is 0 Å². The summed E-state index contributed by atoms with van der Waals surface area (Å²) in [6.45, 7) is 8.23. The maximum Gasteiger partial charge on any atom is 0.240 e. The minimum atomic E-state index is 0.159. The van der Waals surface area contributed by atoms with Crippen LogP contribution >= 0.6 is 0 Å². The summed E-state index contributed by atoms with van der Waals surface area (Å²) in [7, 11) is 0. The van der Waals surface area contributed by atoms with Gasteiger partial charge in [-0.1, -0.05) is 5.16 Å². The highest BCUT2D eigenvalue weighted by Gasteiger charge is 2.30. The van der Waals surface area contributed by atoms with E-state index in [4.69, 9.17) is 4.52 Å². The highest BCUT2D eigenvalue weighted by atomic mass is 16.5. The number of rotatable bonds is 2. The number of hydrogen-bond acceptors (Lipinski definition) is 5. The molecule has 2 heterocycles. The van der Waals surface area contributed by atoms with E-state index in [0.29, 0.717) is 5.89 Å². The third-order valence-electron chi connectivity index (χ3n) is 2.71. The molecule has 0 spiro atoms. The van der Waals surface area contributed by atoms with Crippen LogP contribution in [0.1, 0.15) is 19.7 Å². The lowest BCUT2D eigenvalue weighted by molar-refractivity contribution is 0.0711. The molecule has 0 radical (unpaired) electrons. The average Bonchev–Trinajstić information content (AvgIpc) is 2.61. The second-order valence-electron chi connectivity index (χ2n) is 4.25. The Morgan fingerprint density at radius 3 is 3.14 bits per heavy atom. The van der Waals surface area contributed by atoms with E-state index in [2.05, 4.69) is 34.2 Å². The van der Waals surface area contributed by atoms with Gasteiger partial charge in [0.2, 0.25) is 5.89 Å². The lowest BCUT2D eigenvalue weighted by atomic mass is 10.0. The van der Waals surface area contributed by atoms with Crippen LogP contribution in [0.2, 0.25) is 0 Å². The Labute approximate surface area is 83.5 Å². The van der Waals surface area contributed by atoms with Crippen molar-refractivity contribution in [3.63, 3.8) is 0 Å². The third-order valence-corrected chi connectivity index (χ3v) is 2.71. The predicted octanol–water partition coefficient (Wildman–Crippen LogP) is 0.253. The van der Waals surface area contributed by atoms with Gasteiger partial charge in [-0.15, -0.1) is 0 Å². The van der Waals surface area contributed by atoms with Crippen LogP contribution in [0.5, 0.6) is 0 Å². The summed E-state index contributed by atoms with van der Waals surface area (Å²) in [5, 5.41) is 6.98. The van der Waals surface area contributed by atoms with Crippen molar-refractivity contribution < 1.29 is 4.52 Å². The van der Waals surface area contributed by atoms with E-state index in [-0.39, 0.29) is 5.54 Å². The van der Waals surface area contributed by atoms with Gasteiger partial charge >= 0.3 is 0 Å². The molecule has 0 amide bonds. The van der Waals surface area contributed by atoms with Crippen LogP contribution in [0.15, 0.2) is 10.9 Å². The van der Waals surface area contributed by atoms with Crippen molar-refractivity contribution in [2.45, 2.75) is 25.9 Å². The lowest BCUT2D eigenvalue weighted by Gasteiger charge is -2.41. The zero-order chi connectivity index (χ0) is 10.0. The minimum absolute atomic E-state index is 0.159. The Balaban J connectivity index is 2.02. The summed E-state index contributed by atoms with van der Waals surface area (Å²) in [6, 6.07) is 0. The molecule has 1 saturated heterocycles. The topological polar surface area (TPSA) is 54.2 Å². The molecule has 1 aliphatic heterocycles. The van der Waals surface area contributed by atoms with Crippen LogP contribution in [-0.4, -0.2) is 40.2 Å². The largest absolute Gasteiger partial charge is 0.338 e. The zero-order valence-corrected chi connectivity index (χ0v) is 8.66. The first-order chi connectivity index (χ1) is 6.68. The van der Waals surface area contributed by atoms with Gasteiger partial charge in [-0.2, -0.15) is 4.98 Å². The van der Waals surface area contributed by atoms with E-state index in [1.165, 1.54) is 6.33 Å². The first-order valence-electron chi connectivity index (χ1n) is 4.90. The second-order valence-corrected chi connectivity index (χ2v) is 4.25. The van der Waals surface area contributed by atoms with Crippen LogP contribution in [-0.2, 0) is 6.54 Å². The first-order valence-corrected chi connectivity index (χ1v) is 4.90. The molecular formula is C9H16N4O. The predicted molar refractivity (Wildman–Crippen MR) is 51.7 cm³/mol. The molecule has 0 aromatic carbocycles. The van der Waals surface area contributed by atoms with E-state index in [1.807, 2.05) is 0 Å². The summed E-state index contributed by atoms with van der Waals surface area (Å²) in [5.74, 6) is 0.694. The molecule has 5 heteroatoms. The number of nitrogens with one attached hydrogen (secondary N) is 1. The molecule has 0 saturated carbocycles. The molecule has 1 aliphatic rings. The Morgan fingerprint density at radius 2 is 2.50 bits per heavy atom. The summed E-state index contributed by atoms with van der Waals surface area (Å²) in [6.07, 6.45) is 1.45. The molecule has 5 nitrogen and oxygen atoms in total. The molecule has 0 bridgehead atoms. The van der Waals surface area contributed by atoms with Crippen molar-refractivity contribution in [2.24, 2.45) is 0 Å². The minimum Gasteiger partial charge on any atom is -0.338 e. The van der Waals surface area contributed by atoms with Gasteiger partial charge in [0.25, 0.3) is 0 Å². The molecule has 1 N–H and O–H groups in total. The maximum absolute atomic E-state index is 5.01. The average molecular weight is 196 g/mol. The molecule has 14 heavy (non-hydrogen) atoms. The summed E-state index contributed by atoms with van der Waals surface area (Å²) in [5.41, 5.74) is 0.159. The quantitative estimate of drug-likeness (QED) is 0.735. The number of nitrogens with zero attached hydrogens (tertiary/aromatic N) is 3. The summed E-state index contributed by atoms with van der Waals surface area (Å²) >= 11 is 0. The maximum atomic E-state index is 5.01. The van der Waals surface area contributed by atoms with Gasteiger partial charge in [0.15, 0.2) is 6.33 Å². The smallest absolute Gasteiger partial charge is 0.240 e. The van der Waals surface area contributed by atoms with Gasteiger partial charge in [-0.05, 0) is 13.8 Å². The Bertz CT molecular complexity index is 283.